The van der Waals surface area contributed by atoms with E-state index in [4.69, 9.17) is 0 Å². The van der Waals surface area contributed by atoms with E-state index in [9.17, 15) is 10.4 Å². The van der Waals surface area contributed by atoms with Crippen molar-refractivity contribution >= 4 is 34.0 Å². The van der Waals surface area contributed by atoms with E-state index >= 15 is 0 Å². The van der Waals surface area contributed by atoms with E-state index in [1.54, 1.807) is 34.0 Å². The summed E-state index contributed by atoms with van der Waals surface area (Å²) < 4.78 is 1.95. The second-order valence-corrected chi connectivity index (χ2v) is 10.8. The van der Waals surface area contributed by atoms with Crippen molar-refractivity contribution in [2.75, 3.05) is 0 Å². The Balaban J connectivity index is 1.97. The third kappa shape index (κ3) is 6.91. The van der Waals surface area contributed by atoms with Gasteiger partial charge in [0.2, 0.25) is 0 Å². The van der Waals surface area contributed by atoms with Crippen LogP contribution in [0.4, 0.5) is 0 Å². The normalized spacial score (nSPS) is 13.6. The predicted octanol–water partition coefficient (Wildman–Crippen LogP) is 5.94. The van der Waals surface area contributed by atoms with Gasteiger partial charge < -0.3 is 10.4 Å². The van der Waals surface area contributed by atoms with Crippen molar-refractivity contribution in [2.45, 2.75) is 62.4 Å². The van der Waals surface area contributed by atoms with Crippen LogP contribution in [-0.4, -0.2) is 33.0 Å². The van der Waals surface area contributed by atoms with Crippen LogP contribution in [0.2, 0.25) is 0 Å². The summed E-state index contributed by atoms with van der Waals surface area (Å²) in [6, 6.07) is 15.9. The van der Waals surface area contributed by atoms with Gasteiger partial charge in [0.05, 0.1) is 0 Å². The zero-order valence-corrected chi connectivity index (χ0v) is 18.9. The molecule has 0 unspecified atom stereocenters. The van der Waals surface area contributed by atoms with E-state index in [-0.39, 0.29) is 0 Å². The second-order valence-electron chi connectivity index (χ2n) is 8.56. The Labute approximate surface area is 175 Å². The highest BCUT2D eigenvalue weighted by Gasteiger charge is 2.18. The molecule has 0 spiro atoms. The summed E-state index contributed by atoms with van der Waals surface area (Å²) in [6.07, 6.45) is 3.24. The Bertz CT molecular complexity index is 771. The first-order chi connectivity index (χ1) is 12.9. The van der Waals surface area contributed by atoms with Crippen LogP contribution < -0.4 is 0 Å². The highest BCUT2D eigenvalue weighted by atomic mass is 33.1. The predicted molar refractivity (Wildman–Crippen MR) is 122 cm³/mol. The molecule has 4 nitrogen and oxygen atoms in total. The number of rotatable bonds is 5. The van der Waals surface area contributed by atoms with E-state index in [2.05, 4.69) is 0 Å². The summed E-state index contributed by atoms with van der Waals surface area (Å²) >= 11 is 0. The lowest BCUT2D eigenvalue weighted by Crippen LogP contribution is -2.29. The first-order valence-electron chi connectivity index (χ1n) is 9.12. The fraction of sp³-hybridized carbons (Fsp3) is 0.364. The third-order valence-electron chi connectivity index (χ3n) is 3.85. The molecule has 0 aliphatic rings. The third-order valence-corrected chi connectivity index (χ3v) is 6.27. The van der Waals surface area contributed by atoms with Gasteiger partial charge in [0.15, 0.2) is 23.5 Å². The molecule has 150 valence electrons. The molecule has 0 amide bonds. The zero-order valence-electron chi connectivity index (χ0n) is 17.3. The Morgan fingerprint density at radius 3 is 1.14 bits per heavy atom. The van der Waals surface area contributed by atoms with Gasteiger partial charge in [-0.3, -0.25) is 0 Å². The van der Waals surface area contributed by atoms with Gasteiger partial charge in [-0.2, -0.15) is 0 Å². The Morgan fingerprint density at radius 1 is 0.607 bits per heavy atom. The van der Waals surface area contributed by atoms with Crippen LogP contribution in [0.1, 0.15) is 52.7 Å². The Hall–Kier alpha value is -1.92. The maximum absolute atomic E-state index is 12.0. The summed E-state index contributed by atoms with van der Waals surface area (Å²) in [5.74, 6) is 0. The van der Waals surface area contributed by atoms with E-state index in [1.807, 2.05) is 90.1 Å². The lowest BCUT2D eigenvalue weighted by molar-refractivity contribution is -0.530. The molecule has 2 aromatic rings. The van der Waals surface area contributed by atoms with Crippen molar-refractivity contribution in [3.8, 4) is 0 Å². The monoisotopic (exact) mass is 416 g/mol. The number of benzene rings is 2. The number of hydrogen-bond acceptors (Lipinski definition) is 4. The minimum atomic E-state index is -0.442. The molecule has 28 heavy (non-hydrogen) atoms. The van der Waals surface area contributed by atoms with Gasteiger partial charge >= 0.3 is 0 Å². The maximum Gasteiger partial charge on any atom is 0.182 e. The molecule has 2 rings (SSSR count). The van der Waals surface area contributed by atoms with Crippen molar-refractivity contribution in [3.63, 3.8) is 0 Å². The lowest BCUT2D eigenvalue weighted by Gasteiger charge is -2.18. The highest BCUT2D eigenvalue weighted by Crippen LogP contribution is 2.37. The summed E-state index contributed by atoms with van der Waals surface area (Å²) in [4.78, 5) is 2.23. The molecule has 0 aromatic heterocycles. The molecule has 0 radical (unpaired) electrons. The van der Waals surface area contributed by atoms with Gasteiger partial charge in [-0.1, -0.05) is 21.6 Å². The minimum absolute atomic E-state index is 0.442. The summed E-state index contributed by atoms with van der Waals surface area (Å²) in [6.45, 7) is 11.3. The first-order valence-corrected chi connectivity index (χ1v) is 11.3. The highest BCUT2D eigenvalue weighted by molar-refractivity contribution is 8.76. The fourth-order valence-corrected chi connectivity index (χ4v) is 3.90. The van der Waals surface area contributed by atoms with Gasteiger partial charge in [0.25, 0.3) is 0 Å². The molecule has 0 saturated heterocycles. The quantitative estimate of drug-likeness (QED) is 0.199. The van der Waals surface area contributed by atoms with Crippen molar-refractivity contribution in [1.82, 2.24) is 0 Å². The average Bonchev–Trinajstić information content (AvgIpc) is 2.60. The second kappa shape index (κ2) is 9.05. The van der Waals surface area contributed by atoms with Crippen LogP contribution in [0.25, 0.3) is 0 Å². The molecule has 0 bridgehead atoms. The number of hydrogen-bond donors (Lipinski definition) is 0. The van der Waals surface area contributed by atoms with E-state index < -0.39 is 11.1 Å². The summed E-state index contributed by atoms with van der Waals surface area (Å²) in [5, 5.41) is 24.0. The standard InChI is InChI=1S/C22H28N2O2S2/c1-21(2,3)23(25)15-17-7-11-19(12-8-17)27-28-20-13-9-18(10-14-20)16-24(26)22(4,5)6/h7-16H,1-6H3. The molecule has 0 N–H and O–H groups in total. The molecule has 2 aromatic carbocycles. The number of hydroxylamine groups is 2. The molecule has 6 heteroatoms. The van der Waals surface area contributed by atoms with Crippen LogP contribution in [-0.2, 0) is 0 Å². The lowest BCUT2D eigenvalue weighted by atomic mass is 10.1. The van der Waals surface area contributed by atoms with Gasteiger partial charge in [0, 0.05) is 62.5 Å². The van der Waals surface area contributed by atoms with Gasteiger partial charge in [-0.25, -0.2) is 9.48 Å². The average molecular weight is 417 g/mol. The van der Waals surface area contributed by atoms with E-state index in [1.165, 1.54) is 0 Å². The first kappa shape index (κ1) is 22.4. The molecule has 0 aliphatic heterocycles. The van der Waals surface area contributed by atoms with E-state index in [0.717, 1.165) is 30.4 Å². The van der Waals surface area contributed by atoms with Crippen molar-refractivity contribution in [3.05, 3.63) is 70.1 Å². The van der Waals surface area contributed by atoms with Crippen LogP contribution >= 0.6 is 21.6 Å². The van der Waals surface area contributed by atoms with Crippen molar-refractivity contribution in [2.24, 2.45) is 0 Å². The fourth-order valence-electron chi connectivity index (χ4n) is 1.97. The van der Waals surface area contributed by atoms with Crippen LogP contribution in [0, 0.1) is 10.4 Å². The molecule has 0 saturated carbocycles. The molecule has 0 heterocycles. The van der Waals surface area contributed by atoms with Gasteiger partial charge in [0.1, 0.15) is 0 Å². The van der Waals surface area contributed by atoms with Crippen molar-refractivity contribution in [1.29, 1.82) is 0 Å². The van der Waals surface area contributed by atoms with Crippen LogP contribution in [0.15, 0.2) is 58.3 Å². The molecular weight excluding hydrogens is 388 g/mol. The smallest absolute Gasteiger partial charge is 0.182 e. The Kier molecular flexibility index (Phi) is 7.23. The largest absolute Gasteiger partial charge is 0.623 e. The SMILES string of the molecule is CC(C)(C)[N+]([O-])=Cc1ccc(SSc2ccc(C=[N+]([O-])C(C)(C)C)cc2)cc1. The molecule has 0 fully saturated rings. The minimum Gasteiger partial charge on any atom is -0.623 e. The zero-order chi connectivity index (χ0) is 20.9. The molecule has 0 atom stereocenters. The maximum atomic E-state index is 12.0. The van der Waals surface area contributed by atoms with Gasteiger partial charge in [-0.15, -0.1) is 0 Å². The van der Waals surface area contributed by atoms with Gasteiger partial charge in [-0.05, 0) is 48.5 Å². The van der Waals surface area contributed by atoms with E-state index in [0.29, 0.717) is 0 Å². The summed E-state index contributed by atoms with van der Waals surface area (Å²) in [5.41, 5.74) is 0.895. The summed E-state index contributed by atoms with van der Waals surface area (Å²) in [7, 11) is 3.32. The van der Waals surface area contributed by atoms with Crippen LogP contribution in [0.5, 0.6) is 0 Å². The Morgan fingerprint density at radius 2 is 0.893 bits per heavy atom. The molecule has 0 aliphatic carbocycles. The van der Waals surface area contributed by atoms with Crippen molar-refractivity contribution < 1.29 is 9.48 Å². The number of nitrogens with zero attached hydrogens (tertiary/aromatic N) is 2. The molecular formula is C22H28N2O2S2. The topological polar surface area (TPSA) is 52.1 Å². The van der Waals surface area contributed by atoms with Crippen LogP contribution in [0.3, 0.4) is 0 Å².